The van der Waals surface area contributed by atoms with E-state index in [1.807, 2.05) is 6.92 Å². The van der Waals surface area contributed by atoms with Gasteiger partial charge in [-0.2, -0.15) is 0 Å². The van der Waals surface area contributed by atoms with Crippen molar-refractivity contribution in [2.75, 3.05) is 0 Å². The maximum Gasteiger partial charge on any atom is 0.235 e. The van der Waals surface area contributed by atoms with Crippen LogP contribution >= 0.6 is 0 Å². The number of ketones is 1. The van der Waals surface area contributed by atoms with Crippen molar-refractivity contribution in [2.24, 2.45) is 39.5 Å². The quantitative estimate of drug-likeness (QED) is 0.608. The van der Waals surface area contributed by atoms with Crippen molar-refractivity contribution in [1.82, 2.24) is 0 Å². The molecule has 2 unspecified atom stereocenters. The molecular formula is C22H29NO3. The first kappa shape index (κ1) is 17.9. The third kappa shape index (κ3) is 2.35. The number of rotatable bonds is 2. The molecule has 0 saturated heterocycles. The highest BCUT2D eigenvalue weighted by molar-refractivity contribution is 6.01. The smallest absolute Gasteiger partial charge is 0.235 e. The fourth-order valence-electron chi connectivity index (χ4n) is 7.33. The number of nitrogens with zero attached hydrogens (tertiary/aromatic N) is 1. The number of aliphatic hydroxyl groups excluding tert-OH is 1. The lowest BCUT2D eigenvalue weighted by molar-refractivity contribution is -0.119. The van der Waals surface area contributed by atoms with Gasteiger partial charge in [0, 0.05) is 11.3 Å². The lowest BCUT2D eigenvalue weighted by atomic mass is 9.46. The van der Waals surface area contributed by atoms with E-state index < -0.39 is 0 Å². The molecule has 0 spiro atoms. The Kier molecular flexibility index (Phi) is 4.13. The Labute approximate surface area is 155 Å². The highest BCUT2D eigenvalue weighted by Gasteiger charge is 2.62. The third-order valence-electron chi connectivity index (χ3n) is 8.40. The average molecular weight is 355 g/mol. The van der Waals surface area contributed by atoms with Crippen LogP contribution in [0, 0.1) is 34.5 Å². The van der Waals surface area contributed by atoms with Gasteiger partial charge < -0.3 is 5.11 Å². The summed E-state index contributed by atoms with van der Waals surface area (Å²) in [7, 11) is 0. The Morgan fingerprint density at radius 2 is 2.08 bits per heavy atom. The van der Waals surface area contributed by atoms with Crippen molar-refractivity contribution in [3.8, 4) is 0 Å². The standard InChI is InChI=1S/C22H29NO3/c1-13(23-12-24)17-6-7-18-16-5-4-14-10-15(25)8-9-21(14,2)20(16)19(26)11-22(17,18)3/h8-10,13,16-20,26H,4-7,11H2,1-3H3/t13?,16-,17+,18-,19?,20+,21-,22+/m0/s1. The summed E-state index contributed by atoms with van der Waals surface area (Å²) >= 11 is 0. The van der Waals surface area contributed by atoms with Crippen LogP contribution in [0.1, 0.15) is 52.9 Å². The normalized spacial score (nSPS) is 47.9. The number of allylic oxidation sites excluding steroid dienone is 4. The molecule has 0 aromatic carbocycles. The van der Waals surface area contributed by atoms with E-state index in [0.29, 0.717) is 17.8 Å². The van der Waals surface area contributed by atoms with Gasteiger partial charge in [0.25, 0.3) is 0 Å². The minimum Gasteiger partial charge on any atom is -0.393 e. The van der Waals surface area contributed by atoms with E-state index in [-0.39, 0.29) is 34.7 Å². The van der Waals surface area contributed by atoms with Crippen LogP contribution in [0.5, 0.6) is 0 Å². The molecule has 4 nitrogen and oxygen atoms in total. The van der Waals surface area contributed by atoms with Crippen LogP contribution in [0.25, 0.3) is 0 Å². The molecule has 0 aromatic heterocycles. The van der Waals surface area contributed by atoms with Gasteiger partial charge in [-0.25, -0.2) is 9.79 Å². The van der Waals surface area contributed by atoms with Crippen LogP contribution in [0.2, 0.25) is 0 Å². The molecule has 4 rings (SSSR count). The molecular weight excluding hydrogens is 326 g/mol. The Hall–Kier alpha value is -1.51. The van der Waals surface area contributed by atoms with Gasteiger partial charge in [-0.05, 0) is 74.3 Å². The molecule has 4 heteroatoms. The first-order valence-electron chi connectivity index (χ1n) is 10.0. The first-order chi connectivity index (χ1) is 12.3. The van der Waals surface area contributed by atoms with Crippen LogP contribution in [0.3, 0.4) is 0 Å². The second-order valence-corrected chi connectivity index (χ2v) is 9.44. The number of fused-ring (bicyclic) bond motifs is 5. The van der Waals surface area contributed by atoms with Crippen LogP contribution in [-0.2, 0) is 9.59 Å². The lowest BCUT2D eigenvalue weighted by Crippen LogP contribution is -2.56. The molecule has 0 radical (unpaired) electrons. The average Bonchev–Trinajstić information content (AvgIpc) is 2.92. The molecule has 3 fully saturated rings. The largest absolute Gasteiger partial charge is 0.393 e. The van der Waals surface area contributed by atoms with E-state index in [9.17, 15) is 14.7 Å². The zero-order valence-electron chi connectivity index (χ0n) is 15.9. The number of aliphatic hydroxyl groups is 1. The minimum atomic E-state index is -0.388. The summed E-state index contributed by atoms with van der Waals surface area (Å²) in [6.45, 7) is 6.52. The van der Waals surface area contributed by atoms with Crippen LogP contribution < -0.4 is 0 Å². The summed E-state index contributed by atoms with van der Waals surface area (Å²) in [5.41, 5.74) is 1.01. The molecule has 0 heterocycles. The monoisotopic (exact) mass is 355 g/mol. The number of carbonyl (C=O) groups is 1. The molecule has 8 atom stereocenters. The number of hydrogen-bond donors (Lipinski definition) is 1. The maximum absolute atomic E-state index is 11.8. The summed E-state index contributed by atoms with van der Waals surface area (Å²) in [5, 5.41) is 11.3. The van der Waals surface area contributed by atoms with Crippen molar-refractivity contribution in [3.63, 3.8) is 0 Å². The van der Waals surface area contributed by atoms with Gasteiger partial charge in [-0.3, -0.25) is 4.79 Å². The predicted octanol–water partition coefficient (Wildman–Crippen LogP) is 3.61. The Bertz CT molecular complexity index is 734. The zero-order valence-corrected chi connectivity index (χ0v) is 15.9. The first-order valence-corrected chi connectivity index (χ1v) is 10.0. The van der Waals surface area contributed by atoms with Crippen molar-refractivity contribution in [2.45, 2.75) is 65.0 Å². The van der Waals surface area contributed by atoms with Gasteiger partial charge in [0.15, 0.2) is 5.78 Å². The number of carbonyl (C=O) groups excluding carboxylic acids is 2. The van der Waals surface area contributed by atoms with Gasteiger partial charge in [0.05, 0.1) is 12.1 Å². The van der Waals surface area contributed by atoms with Gasteiger partial charge in [0.1, 0.15) is 0 Å². The number of aliphatic imine (C=N–C) groups is 1. The molecule has 0 aromatic rings. The zero-order chi connectivity index (χ0) is 18.7. The maximum atomic E-state index is 11.8. The van der Waals surface area contributed by atoms with E-state index >= 15 is 0 Å². The number of hydrogen-bond acceptors (Lipinski definition) is 4. The van der Waals surface area contributed by atoms with E-state index in [1.165, 1.54) is 5.57 Å². The molecule has 0 amide bonds. The minimum absolute atomic E-state index is 0.0200. The van der Waals surface area contributed by atoms with Crippen LogP contribution in [-0.4, -0.2) is 29.1 Å². The van der Waals surface area contributed by atoms with E-state index in [2.05, 4.69) is 24.9 Å². The SMILES string of the molecule is CC(N=C=O)[C@H]1CC[C@H]2[C@@H]3CCC4=CC(=O)C=C[C@]4(C)[C@H]3C(O)C[C@]12C. The Morgan fingerprint density at radius 1 is 1.31 bits per heavy atom. The summed E-state index contributed by atoms with van der Waals surface area (Å²) in [6.07, 6.45) is 11.8. The second kappa shape index (κ2) is 6.00. The molecule has 1 N–H and O–H groups in total. The summed E-state index contributed by atoms with van der Waals surface area (Å²) < 4.78 is 0. The van der Waals surface area contributed by atoms with Gasteiger partial charge in [-0.1, -0.05) is 25.5 Å². The molecule has 0 aliphatic heterocycles. The van der Waals surface area contributed by atoms with Crippen LogP contribution in [0.4, 0.5) is 0 Å². The molecule has 3 saturated carbocycles. The predicted molar refractivity (Wildman–Crippen MR) is 99.1 cm³/mol. The molecule has 4 aliphatic carbocycles. The van der Waals surface area contributed by atoms with Crippen molar-refractivity contribution in [3.05, 3.63) is 23.8 Å². The van der Waals surface area contributed by atoms with Gasteiger partial charge >= 0.3 is 0 Å². The summed E-state index contributed by atoms with van der Waals surface area (Å²) in [6, 6.07) is -0.0342. The number of isocyanates is 1. The van der Waals surface area contributed by atoms with E-state index in [0.717, 1.165) is 32.1 Å². The van der Waals surface area contributed by atoms with Gasteiger partial charge in [0.2, 0.25) is 6.08 Å². The molecule has 4 aliphatic rings. The van der Waals surface area contributed by atoms with E-state index in [4.69, 9.17) is 0 Å². The topological polar surface area (TPSA) is 66.7 Å². The highest BCUT2D eigenvalue weighted by atomic mass is 16.3. The lowest BCUT2D eigenvalue weighted by Gasteiger charge is -2.59. The van der Waals surface area contributed by atoms with Crippen molar-refractivity contribution >= 4 is 11.9 Å². The Balaban J connectivity index is 1.70. The summed E-state index contributed by atoms with van der Waals surface area (Å²) in [4.78, 5) is 26.6. The summed E-state index contributed by atoms with van der Waals surface area (Å²) in [5.74, 6) is 1.59. The molecule has 0 bridgehead atoms. The Morgan fingerprint density at radius 3 is 2.81 bits per heavy atom. The van der Waals surface area contributed by atoms with Crippen molar-refractivity contribution in [1.29, 1.82) is 0 Å². The fourth-order valence-corrected chi connectivity index (χ4v) is 7.33. The van der Waals surface area contributed by atoms with E-state index in [1.54, 1.807) is 18.2 Å². The van der Waals surface area contributed by atoms with Crippen LogP contribution in [0.15, 0.2) is 28.8 Å². The van der Waals surface area contributed by atoms with Crippen molar-refractivity contribution < 1.29 is 14.7 Å². The highest BCUT2D eigenvalue weighted by Crippen LogP contribution is 2.66. The molecule has 26 heavy (non-hydrogen) atoms. The van der Waals surface area contributed by atoms with Gasteiger partial charge in [-0.15, -0.1) is 0 Å². The third-order valence-corrected chi connectivity index (χ3v) is 8.40. The molecule has 140 valence electrons. The fraction of sp³-hybridized carbons (Fsp3) is 0.727. The second-order valence-electron chi connectivity index (χ2n) is 9.44.